The van der Waals surface area contributed by atoms with Gasteiger partial charge in [0.25, 0.3) is 5.91 Å². The molecule has 2 aliphatic rings. The van der Waals surface area contributed by atoms with E-state index in [9.17, 15) is 4.79 Å². The summed E-state index contributed by atoms with van der Waals surface area (Å²) >= 11 is 0. The van der Waals surface area contributed by atoms with Gasteiger partial charge in [-0.1, -0.05) is 25.5 Å². The smallest absolute Gasteiger partial charge is 0.261 e. The van der Waals surface area contributed by atoms with Crippen LogP contribution in [0.25, 0.3) is 0 Å². The Balaban J connectivity index is 1.59. The Bertz CT molecular complexity index is 514. The number of hydrogen-bond donors (Lipinski definition) is 1. The summed E-state index contributed by atoms with van der Waals surface area (Å²) < 4.78 is 5.88. The Labute approximate surface area is 127 Å². The van der Waals surface area contributed by atoms with Crippen LogP contribution in [0.1, 0.15) is 44.6 Å². The SMILES string of the molecule is CC[C@H](Oc1cccc(C)c1)C(=O)N[C@@H]1C[C@@H]2CC[C@@H]1C2. The van der Waals surface area contributed by atoms with E-state index < -0.39 is 0 Å². The molecular formula is C18H25NO2. The fourth-order valence-electron chi connectivity index (χ4n) is 3.87. The highest BCUT2D eigenvalue weighted by Gasteiger charge is 2.40. The van der Waals surface area contributed by atoms with Crippen molar-refractivity contribution in [2.75, 3.05) is 0 Å². The van der Waals surface area contributed by atoms with Gasteiger partial charge in [-0.25, -0.2) is 0 Å². The van der Waals surface area contributed by atoms with Crippen molar-refractivity contribution in [2.45, 2.75) is 58.1 Å². The zero-order valence-corrected chi connectivity index (χ0v) is 13.0. The summed E-state index contributed by atoms with van der Waals surface area (Å²) in [5.74, 6) is 2.38. The maximum atomic E-state index is 12.5. The number of hydrogen-bond acceptors (Lipinski definition) is 2. The maximum absolute atomic E-state index is 12.5. The van der Waals surface area contributed by atoms with Gasteiger partial charge >= 0.3 is 0 Å². The highest BCUT2D eigenvalue weighted by molar-refractivity contribution is 5.81. The van der Waals surface area contributed by atoms with Crippen molar-refractivity contribution < 1.29 is 9.53 Å². The monoisotopic (exact) mass is 287 g/mol. The van der Waals surface area contributed by atoms with E-state index in [4.69, 9.17) is 4.74 Å². The van der Waals surface area contributed by atoms with E-state index in [1.54, 1.807) is 0 Å². The Kier molecular flexibility index (Phi) is 4.18. The Morgan fingerprint density at radius 2 is 2.24 bits per heavy atom. The molecule has 0 saturated heterocycles. The summed E-state index contributed by atoms with van der Waals surface area (Å²) in [6.07, 6.45) is 5.42. The summed E-state index contributed by atoms with van der Waals surface area (Å²) in [5.41, 5.74) is 1.15. The van der Waals surface area contributed by atoms with Crippen LogP contribution in [0, 0.1) is 18.8 Å². The van der Waals surface area contributed by atoms with E-state index in [2.05, 4.69) is 5.32 Å². The predicted octanol–water partition coefficient (Wildman–Crippen LogP) is 3.46. The average molecular weight is 287 g/mol. The van der Waals surface area contributed by atoms with Crippen molar-refractivity contribution in [3.8, 4) is 5.75 Å². The van der Waals surface area contributed by atoms with Crippen LogP contribution in [-0.2, 0) is 4.79 Å². The van der Waals surface area contributed by atoms with E-state index in [0.29, 0.717) is 18.4 Å². The number of fused-ring (bicyclic) bond motifs is 2. The number of rotatable bonds is 5. The topological polar surface area (TPSA) is 38.3 Å². The van der Waals surface area contributed by atoms with E-state index in [1.807, 2.05) is 38.1 Å². The molecule has 2 saturated carbocycles. The summed E-state index contributed by atoms with van der Waals surface area (Å²) in [7, 11) is 0. The molecule has 0 aliphatic heterocycles. The first-order valence-electron chi connectivity index (χ1n) is 8.19. The zero-order valence-electron chi connectivity index (χ0n) is 13.0. The largest absolute Gasteiger partial charge is 0.481 e. The highest BCUT2D eigenvalue weighted by atomic mass is 16.5. The summed E-state index contributed by atoms with van der Waals surface area (Å²) in [5, 5.41) is 3.23. The van der Waals surface area contributed by atoms with Gasteiger partial charge in [0, 0.05) is 6.04 Å². The minimum atomic E-state index is -0.383. The van der Waals surface area contributed by atoms with Crippen LogP contribution in [0.3, 0.4) is 0 Å². The molecule has 0 aromatic heterocycles. The molecule has 21 heavy (non-hydrogen) atoms. The van der Waals surface area contributed by atoms with Crippen LogP contribution < -0.4 is 10.1 Å². The Morgan fingerprint density at radius 1 is 1.38 bits per heavy atom. The molecule has 1 aromatic rings. The zero-order chi connectivity index (χ0) is 14.8. The lowest BCUT2D eigenvalue weighted by Gasteiger charge is -2.25. The van der Waals surface area contributed by atoms with Crippen molar-refractivity contribution in [1.29, 1.82) is 0 Å². The van der Waals surface area contributed by atoms with Crippen LogP contribution in [0.4, 0.5) is 0 Å². The third-order valence-electron chi connectivity index (χ3n) is 5.00. The molecule has 3 nitrogen and oxygen atoms in total. The molecular weight excluding hydrogens is 262 g/mol. The van der Waals surface area contributed by atoms with E-state index in [1.165, 1.54) is 19.3 Å². The number of benzene rings is 1. The van der Waals surface area contributed by atoms with Crippen LogP contribution in [0.15, 0.2) is 24.3 Å². The molecule has 1 N–H and O–H groups in total. The number of ether oxygens (including phenoxy) is 1. The number of nitrogens with one attached hydrogen (secondary N) is 1. The minimum Gasteiger partial charge on any atom is -0.481 e. The number of carbonyl (C=O) groups is 1. The van der Waals surface area contributed by atoms with Gasteiger partial charge in [0.05, 0.1) is 0 Å². The summed E-state index contributed by atoms with van der Waals surface area (Å²) in [4.78, 5) is 12.5. The quantitative estimate of drug-likeness (QED) is 0.900. The Hall–Kier alpha value is -1.51. The first-order chi connectivity index (χ1) is 10.2. The second-order valence-corrected chi connectivity index (χ2v) is 6.62. The second kappa shape index (κ2) is 6.08. The van der Waals surface area contributed by atoms with Crippen molar-refractivity contribution >= 4 is 5.91 Å². The molecule has 4 atom stereocenters. The fourth-order valence-corrected chi connectivity index (χ4v) is 3.87. The normalized spacial score (nSPS) is 28.4. The number of carbonyl (C=O) groups excluding carboxylic acids is 1. The number of aryl methyl sites for hydroxylation is 1. The van der Waals surface area contributed by atoms with Gasteiger partial charge in [0.15, 0.2) is 6.10 Å². The summed E-state index contributed by atoms with van der Waals surface area (Å²) in [6.45, 7) is 4.03. The molecule has 1 aromatic carbocycles. The molecule has 0 spiro atoms. The second-order valence-electron chi connectivity index (χ2n) is 6.62. The van der Waals surface area contributed by atoms with Gasteiger partial charge in [-0.15, -0.1) is 0 Å². The van der Waals surface area contributed by atoms with Gasteiger partial charge in [-0.3, -0.25) is 4.79 Å². The van der Waals surface area contributed by atoms with Crippen LogP contribution in [0.5, 0.6) is 5.75 Å². The van der Waals surface area contributed by atoms with Gasteiger partial charge in [0.2, 0.25) is 0 Å². The van der Waals surface area contributed by atoms with E-state index in [0.717, 1.165) is 23.7 Å². The maximum Gasteiger partial charge on any atom is 0.261 e. The van der Waals surface area contributed by atoms with Gasteiger partial charge in [-0.2, -0.15) is 0 Å². The molecule has 3 heteroatoms. The van der Waals surface area contributed by atoms with Crippen molar-refractivity contribution in [3.05, 3.63) is 29.8 Å². The molecule has 2 fully saturated rings. The molecule has 0 heterocycles. The van der Waals surface area contributed by atoms with Crippen LogP contribution in [0.2, 0.25) is 0 Å². The predicted molar refractivity (Wildman–Crippen MR) is 83.3 cm³/mol. The third-order valence-corrected chi connectivity index (χ3v) is 5.00. The summed E-state index contributed by atoms with van der Waals surface area (Å²) in [6, 6.07) is 8.27. The average Bonchev–Trinajstić information content (AvgIpc) is 3.07. The molecule has 3 rings (SSSR count). The van der Waals surface area contributed by atoms with Crippen LogP contribution >= 0.6 is 0 Å². The molecule has 114 valence electrons. The van der Waals surface area contributed by atoms with Gasteiger partial charge in [-0.05, 0) is 62.1 Å². The fraction of sp³-hybridized carbons (Fsp3) is 0.611. The molecule has 0 radical (unpaired) electrons. The van der Waals surface area contributed by atoms with Crippen molar-refractivity contribution in [1.82, 2.24) is 5.32 Å². The van der Waals surface area contributed by atoms with E-state index in [-0.39, 0.29) is 12.0 Å². The molecule has 2 bridgehead atoms. The molecule has 1 amide bonds. The Morgan fingerprint density at radius 3 is 2.86 bits per heavy atom. The van der Waals surface area contributed by atoms with Gasteiger partial charge < -0.3 is 10.1 Å². The lowest BCUT2D eigenvalue weighted by molar-refractivity contribution is -0.129. The van der Waals surface area contributed by atoms with E-state index >= 15 is 0 Å². The third kappa shape index (κ3) is 3.22. The first-order valence-corrected chi connectivity index (χ1v) is 8.19. The lowest BCUT2D eigenvalue weighted by atomic mass is 9.95. The molecule has 0 unspecified atom stereocenters. The lowest BCUT2D eigenvalue weighted by Crippen LogP contribution is -2.45. The highest BCUT2D eigenvalue weighted by Crippen LogP contribution is 2.44. The van der Waals surface area contributed by atoms with Crippen molar-refractivity contribution in [3.63, 3.8) is 0 Å². The minimum absolute atomic E-state index is 0.0524. The van der Waals surface area contributed by atoms with Crippen molar-refractivity contribution in [2.24, 2.45) is 11.8 Å². The standard InChI is InChI=1S/C18H25NO2/c1-3-17(21-15-6-4-5-12(2)9-15)18(20)19-16-11-13-7-8-14(16)10-13/h4-6,9,13-14,16-17H,3,7-8,10-11H2,1-2H3,(H,19,20)/t13-,14-,16-,17+/m1/s1. The van der Waals surface area contributed by atoms with Crippen LogP contribution in [-0.4, -0.2) is 18.1 Å². The first kappa shape index (κ1) is 14.4. The van der Waals surface area contributed by atoms with Gasteiger partial charge in [0.1, 0.15) is 5.75 Å². The molecule has 2 aliphatic carbocycles. The number of amides is 1.